The number of aromatic nitrogens is 2. The molecule has 1 spiro atoms. The summed E-state index contributed by atoms with van der Waals surface area (Å²) < 4.78 is 39.0. The molecule has 0 radical (unpaired) electrons. The molecule has 3 heterocycles. The first-order chi connectivity index (χ1) is 15.4. The van der Waals surface area contributed by atoms with Crippen molar-refractivity contribution in [1.29, 1.82) is 0 Å². The molecule has 1 fully saturated rings. The van der Waals surface area contributed by atoms with Gasteiger partial charge < -0.3 is 14.8 Å². The molecule has 0 atom stereocenters. The van der Waals surface area contributed by atoms with Gasteiger partial charge in [0.15, 0.2) is 11.6 Å². The molecule has 9 heteroatoms. The summed E-state index contributed by atoms with van der Waals surface area (Å²) >= 11 is 0. The van der Waals surface area contributed by atoms with Crippen molar-refractivity contribution in [3.63, 3.8) is 0 Å². The number of hydrogen-bond donors (Lipinski definition) is 1. The van der Waals surface area contributed by atoms with Gasteiger partial charge in [0.25, 0.3) is 5.91 Å². The topological polar surface area (TPSA) is 82.5 Å². The molecule has 2 aromatic rings. The molecule has 1 aromatic heterocycles. The van der Waals surface area contributed by atoms with Crippen molar-refractivity contribution in [3.05, 3.63) is 52.3 Å². The number of benzene rings is 1. The van der Waals surface area contributed by atoms with Gasteiger partial charge in [-0.3, -0.25) is 9.48 Å². The third-order valence-corrected chi connectivity index (χ3v) is 6.31. The lowest BCUT2D eigenvalue weighted by atomic mass is 9.76. The van der Waals surface area contributed by atoms with E-state index in [0.717, 1.165) is 42.8 Å². The molecule has 0 saturated carbocycles. The minimum atomic E-state index is -1.09. The Labute approximate surface area is 185 Å². The number of aryl methyl sites for hydroxylation is 2. The van der Waals surface area contributed by atoms with Gasteiger partial charge in [-0.15, -0.1) is 0 Å². The molecule has 4 rings (SSSR count). The van der Waals surface area contributed by atoms with Crippen molar-refractivity contribution in [2.75, 3.05) is 26.4 Å². The Hall–Kier alpha value is -2.81. The van der Waals surface area contributed by atoms with Crippen LogP contribution < -0.4 is 5.32 Å². The first-order valence-electron chi connectivity index (χ1n) is 11.0. The number of carbonyl (C=O) groups excluding carboxylic acids is 2. The summed E-state index contributed by atoms with van der Waals surface area (Å²) in [5, 5.41) is 7.75. The van der Waals surface area contributed by atoms with Gasteiger partial charge in [0.05, 0.1) is 29.1 Å². The molecular formula is C23H27F2N3O4. The van der Waals surface area contributed by atoms with Crippen LogP contribution in [0.1, 0.15) is 58.3 Å². The van der Waals surface area contributed by atoms with Gasteiger partial charge in [-0.2, -0.15) is 5.10 Å². The minimum Gasteiger partial charge on any atom is -0.462 e. The Kier molecular flexibility index (Phi) is 6.55. The van der Waals surface area contributed by atoms with Crippen LogP contribution in [0.2, 0.25) is 0 Å². The summed E-state index contributed by atoms with van der Waals surface area (Å²) in [6, 6.07) is 2.91. The van der Waals surface area contributed by atoms with Crippen molar-refractivity contribution < 1.29 is 27.8 Å². The summed E-state index contributed by atoms with van der Waals surface area (Å²) in [6.07, 6.45) is 3.62. The second-order valence-electron chi connectivity index (χ2n) is 8.44. The fourth-order valence-corrected chi connectivity index (χ4v) is 4.44. The van der Waals surface area contributed by atoms with Crippen LogP contribution >= 0.6 is 0 Å². The van der Waals surface area contributed by atoms with Crippen molar-refractivity contribution in [1.82, 2.24) is 15.1 Å². The Morgan fingerprint density at radius 3 is 2.78 bits per heavy atom. The number of halogens is 2. The summed E-state index contributed by atoms with van der Waals surface area (Å²) in [5.41, 5.74) is 2.27. The fourth-order valence-electron chi connectivity index (χ4n) is 4.44. The fraction of sp³-hybridized carbons (Fsp3) is 0.522. The lowest BCUT2D eigenvalue weighted by Gasteiger charge is -2.36. The van der Waals surface area contributed by atoms with E-state index in [2.05, 4.69) is 10.4 Å². The van der Waals surface area contributed by atoms with Crippen LogP contribution in [0.3, 0.4) is 0 Å². The van der Waals surface area contributed by atoms with Gasteiger partial charge in [-0.05, 0) is 49.3 Å². The predicted octanol–water partition coefficient (Wildman–Crippen LogP) is 3.05. The SMILES string of the molecule is CCc1nn(CCCOC(=O)c2ccc(F)c(F)c2)c2c1C(=O)NCC1(CCOCC1)C2. The van der Waals surface area contributed by atoms with Crippen LogP contribution in [0.5, 0.6) is 0 Å². The molecule has 2 aliphatic rings. The highest BCUT2D eigenvalue weighted by Crippen LogP contribution is 2.37. The van der Waals surface area contributed by atoms with Gasteiger partial charge in [0, 0.05) is 32.7 Å². The summed E-state index contributed by atoms with van der Waals surface area (Å²) in [6.45, 7) is 4.53. The second kappa shape index (κ2) is 9.36. The number of fused-ring (bicyclic) bond motifs is 1. The van der Waals surface area contributed by atoms with E-state index in [1.807, 2.05) is 11.6 Å². The molecular weight excluding hydrogens is 420 g/mol. The first kappa shape index (κ1) is 22.4. The molecule has 1 amide bonds. The Bertz CT molecular complexity index is 1010. The zero-order chi connectivity index (χ0) is 22.7. The Morgan fingerprint density at radius 2 is 2.06 bits per heavy atom. The number of carbonyl (C=O) groups is 2. The van der Waals surface area contributed by atoms with Crippen molar-refractivity contribution in [2.45, 2.75) is 45.6 Å². The third-order valence-electron chi connectivity index (χ3n) is 6.31. The van der Waals surface area contributed by atoms with Crippen LogP contribution in [-0.2, 0) is 28.9 Å². The number of hydrogen-bond acceptors (Lipinski definition) is 5. The van der Waals surface area contributed by atoms with Gasteiger partial charge in [-0.1, -0.05) is 6.92 Å². The number of rotatable bonds is 6. The van der Waals surface area contributed by atoms with Crippen LogP contribution in [0.4, 0.5) is 8.78 Å². The highest BCUT2D eigenvalue weighted by molar-refractivity contribution is 5.97. The smallest absolute Gasteiger partial charge is 0.338 e. The van der Waals surface area contributed by atoms with Crippen LogP contribution in [0, 0.1) is 17.0 Å². The maximum atomic E-state index is 13.3. The van der Waals surface area contributed by atoms with E-state index in [0.29, 0.717) is 44.7 Å². The van der Waals surface area contributed by atoms with E-state index in [1.54, 1.807) is 0 Å². The molecule has 1 saturated heterocycles. The number of ether oxygens (including phenoxy) is 2. The number of amides is 1. The normalized spacial score (nSPS) is 17.5. The summed E-state index contributed by atoms with van der Waals surface area (Å²) in [4.78, 5) is 24.9. The lowest BCUT2D eigenvalue weighted by molar-refractivity contribution is 0.0152. The molecule has 32 heavy (non-hydrogen) atoms. The van der Waals surface area contributed by atoms with E-state index >= 15 is 0 Å². The molecule has 0 unspecified atom stereocenters. The van der Waals surface area contributed by atoms with Crippen LogP contribution in [0.15, 0.2) is 18.2 Å². The van der Waals surface area contributed by atoms with Crippen molar-refractivity contribution in [3.8, 4) is 0 Å². The molecule has 0 aliphatic carbocycles. The average Bonchev–Trinajstić information content (AvgIpc) is 3.07. The average molecular weight is 447 g/mol. The van der Waals surface area contributed by atoms with E-state index in [1.165, 1.54) is 6.07 Å². The van der Waals surface area contributed by atoms with E-state index in [9.17, 15) is 18.4 Å². The predicted molar refractivity (Wildman–Crippen MR) is 111 cm³/mol. The monoisotopic (exact) mass is 447 g/mol. The zero-order valence-corrected chi connectivity index (χ0v) is 18.1. The van der Waals surface area contributed by atoms with Gasteiger partial charge >= 0.3 is 5.97 Å². The van der Waals surface area contributed by atoms with Crippen LogP contribution in [0.25, 0.3) is 0 Å². The zero-order valence-electron chi connectivity index (χ0n) is 18.1. The minimum absolute atomic E-state index is 0.0387. The van der Waals surface area contributed by atoms with Gasteiger partial charge in [-0.25, -0.2) is 13.6 Å². The van der Waals surface area contributed by atoms with Gasteiger partial charge in [0.2, 0.25) is 0 Å². The standard InChI is InChI=1S/C23H27F2N3O4/c1-2-18-20-19(13-23(14-26-21(20)29)6-10-31-11-7-23)28(27-18)8-3-9-32-22(30)15-4-5-16(24)17(25)12-15/h4-5,12H,2-3,6-11,13-14H2,1H3,(H,26,29). The third kappa shape index (κ3) is 4.53. The van der Waals surface area contributed by atoms with E-state index < -0.39 is 17.6 Å². The highest BCUT2D eigenvalue weighted by atomic mass is 19.2. The van der Waals surface area contributed by atoms with Gasteiger partial charge in [0.1, 0.15) is 0 Å². The van der Waals surface area contributed by atoms with Crippen molar-refractivity contribution >= 4 is 11.9 Å². The Morgan fingerprint density at radius 1 is 1.28 bits per heavy atom. The molecule has 2 aliphatic heterocycles. The quantitative estimate of drug-likeness (QED) is 0.544. The number of nitrogens with zero attached hydrogens (tertiary/aromatic N) is 2. The maximum absolute atomic E-state index is 13.3. The molecule has 172 valence electrons. The summed E-state index contributed by atoms with van der Waals surface area (Å²) in [7, 11) is 0. The first-order valence-corrected chi connectivity index (χ1v) is 11.0. The van der Waals surface area contributed by atoms with E-state index in [-0.39, 0.29) is 23.5 Å². The van der Waals surface area contributed by atoms with Crippen LogP contribution in [-0.4, -0.2) is 48.0 Å². The van der Waals surface area contributed by atoms with E-state index in [4.69, 9.17) is 9.47 Å². The Balaban J connectivity index is 1.44. The number of esters is 1. The van der Waals surface area contributed by atoms with Crippen molar-refractivity contribution in [2.24, 2.45) is 5.41 Å². The largest absolute Gasteiger partial charge is 0.462 e. The number of nitrogens with one attached hydrogen (secondary N) is 1. The lowest BCUT2D eigenvalue weighted by Crippen LogP contribution is -2.40. The molecule has 0 bridgehead atoms. The second-order valence-corrected chi connectivity index (χ2v) is 8.44. The maximum Gasteiger partial charge on any atom is 0.338 e. The molecule has 7 nitrogen and oxygen atoms in total. The summed E-state index contributed by atoms with van der Waals surface area (Å²) in [5.74, 6) is -2.90. The molecule has 1 aromatic carbocycles. The molecule has 1 N–H and O–H groups in total. The highest BCUT2D eigenvalue weighted by Gasteiger charge is 2.39.